The molecule has 0 aliphatic heterocycles. The van der Waals surface area contributed by atoms with Crippen LogP contribution in [0.25, 0.3) is 28.3 Å². The van der Waals surface area contributed by atoms with Crippen LogP contribution >= 0.6 is 0 Å². The summed E-state index contributed by atoms with van der Waals surface area (Å²) in [4.78, 5) is 27.9. The van der Waals surface area contributed by atoms with Gasteiger partial charge in [0.05, 0.1) is 5.69 Å². The van der Waals surface area contributed by atoms with Crippen LogP contribution < -0.4 is 10.9 Å². The first kappa shape index (κ1) is 19.2. The normalized spacial score (nSPS) is 10.9. The first-order chi connectivity index (χ1) is 15.6. The molecule has 1 amide bonds. The standard InChI is InChI=1S/C22H16N8O2/c1-29-20(31)9-7-18(27-29)22(32)24-16-4-2-14(3-5-16)17-6-8-19-25-26-21(30(19)28-17)15-10-12-23-13-11-15/h2-13H,1H3,(H,24,32). The third kappa shape index (κ3) is 3.60. The molecule has 5 rings (SSSR count). The molecular formula is C22H16N8O2. The Morgan fingerprint density at radius 1 is 0.844 bits per heavy atom. The lowest BCUT2D eigenvalue weighted by Crippen LogP contribution is -2.23. The molecule has 1 aromatic carbocycles. The Bertz CT molecular complexity index is 1490. The fourth-order valence-electron chi connectivity index (χ4n) is 3.17. The molecule has 1 N–H and O–H groups in total. The summed E-state index contributed by atoms with van der Waals surface area (Å²) in [6.45, 7) is 0. The highest BCUT2D eigenvalue weighted by molar-refractivity contribution is 6.02. The van der Waals surface area contributed by atoms with E-state index in [1.54, 1.807) is 29.0 Å². The lowest BCUT2D eigenvalue weighted by Gasteiger charge is -2.07. The number of fused-ring (bicyclic) bond motifs is 1. The van der Waals surface area contributed by atoms with Crippen LogP contribution in [0.1, 0.15) is 10.5 Å². The van der Waals surface area contributed by atoms with E-state index in [4.69, 9.17) is 0 Å². The SMILES string of the molecule is Cn1nc(C(=O)Nc2ccc(-c3ccc4nnc(-c5ccncc5)n4n3)cc2)ccc1=O. The first-order valence-corrected chi connectivity index (χ1v) is 9.67. The van der Waals surface area contributed by atoms with E-state index in [1.165, 1.54) is 19.2 Å². The molecule has 0 aliphatic rings. The summed E-state index contributed by atoms with van der Waals surface area (Å²) in [6.07, 6.45) is 3.38. The number of amides is 1. The van der Waals surface area contributed by atoms with Crippen molar-refractivity contribution in [2.24, 2.45) is 7.05 Å². The number of carbonyl (C=O) groups is 1. The van der Waals surface area contributed by atoms with E-state index in [9.17, 15) is 9.59 Å². The van der Waals surface area contributed by atoms with E-state index in [0.717, 1.165) is 21.5 Å². The highest BCUT2D eigenvalue weighted by Gasteiger charge is 2.12. The van der Waals surface area contributed by atoms with Gasteiger partial charge in [-0.3, -0.25) is 14.6 Å². The molecule has 0 atom stereocenters. The molecule has 156 valence electrons. The molecule has 4 aromatic heterocycles. The van der Waals surface area contributed by atoms with Gasteiger partial charge in [0.1, 0.15) is 5.69 Å². The number of benzene rings is 1. The van der Waals surface area contributed by atoms with Crippen molar-refractivity contribution in [1.82, 2.24) is 34.6 Å². The molecule has 0 aliphatic carbocycles. The quantitative estimate of drug-likeness (QED) is 0.470. The van der Waals surface area contributed by atoms with Crippen LogP contribution in [0.15, 0.2) is 77.9 Å². The maximum Gasteiger partial charge on any atom is 0.276 e. The van der Waals surface area contributed by atoms with Crippen LogP contribution in [0, 0.1) is 0 Å². The second-order valence-corrected chi connectivity index (χ2v) is 6.96. The van der Waals surface area contributed by atoms with Gasteiger partial charge in [-0.2, -0.15) is 14.7 Å². The van der Waals surface area contributed by atoms with E-state index in [0.29, 0.717) is 17.2 Å². The van der Waals surface area contributed by atoms with Crippen LogP contribution in [-0.2, 0) is 7.05 Å². The van der Waals surface area contributed by atoms with Crippen LogP contribution in [-0.4, -0.2) is 40.5 Å². The highest BCUT2D eigenvalue weighted by atomic mass is 16.2. The van der Waals surface area contributed by atoms with Gasteiger partial charge in [-0.25, -0.2) is 4.68 Å². The minimum absolute atomic E-state index is 0.152. The summed E-state index contributed by atoms with van der Waals surface area (Å²) in [5.74, 6) is 0.220. The fourth-order valence-corrected chi connectivity index (χ4v) is 3.17. The smallest absolute Gasteiger partial charge is 0.276 e. The number of carbonyl (C=O) groups excluding carboxylic acids is 1. The molecule has 0 spiro atoms. The predicted molar refractivity (Wildman–Crippen MR) is 117 cm³/mol. The Morgan fingerprint density at radius 2 is 1.62 bits per heavy atom. The van der Waals surface area contributed by atoms with E-state index < -0.39 is 5.91 Å². The third-order valence-corrected chi connectivity index (χ3v) is 4.83. The monoisotopic (exact) mass is 424 g/mol. The van der Waals surface area contributed by atoms with E-state index in [1.807, 2.05) is 36.4 Å². The van der Waals surface area contributed by atoms with Gasteiger partial charge < -0.3 is 5.32 Å². The van der Waals surface area contributed by atoms with Gasteiger partial charge in [0.25, 0.3) is 11.5 Å². The van der Waals surface area contributed by atoms with Gasteiger partial charge in [-0.1, -0.05) is 12.1 Å². The maximum atomic E-state index is 12.4. The summed E-state index contributed by atoms with van der Waals surface area (Å²) in [6, 6.07) is 17.4. The van der Waals surface area contributed by atoms with Gasteiger partial charge in [0, 0.05) is 42.3 Å². The summed E-state index contributed by atoms with van der Waals surface area (Å²) in [5.41, 5.74) is 3.55. The Balaban J connectivity index is 1.40. The third-order valence-electron chi connectivity index (χ3n) is 4.83. The number of pyridine rings is 1. The zero-order valence-electron chi connectivity index (χ0n) is 16.9. The van der Waals surface area contributed by atoms with Crippen LogP contribution in [0.2, 0.25) is 0 Å². The molecule has 32 heavy (non-hydrogen) atoms. The van der Waals surface area contributed by atoms with Crippen molar-refractivity contribution < 1.29 is 4.79 Å². The van der Waals surface area contributed by atoms with Crippen molar-refractivity contribution in [3.05, 3.63) is 89.1 Å². The number of nitrogens with one attached hydrogen (secondary N) is 1. The van der Waals surface area contributed by atoms with Crippen molar-refractivity contribution in [3.63, 3.8) is 0 Å². The number of aromatic nitrogens is 7. The Labute approximate surface area is 181 Å². The second kappa shape index (κ2) is 7.84. The molecule has 0 radical (unpaired) electrons. The maximum absolute atomic E-state index is 12.4. The average Bonchev–Trinajstić information content (AvgIpc) is 3.25. The number of anilines is 1. The largest absolute Gasteiger partial charge is 0.321 e. The number of hydrogen-bond donors (Lipinski definition) is 1. The lowest BCUT2D eigenvalue weighted by atomic mass is 10.1. The summed E-state index contributed by atoms with van der Waals surface area (Å²) in [5, 5.41) is 19.8. The predicted octanol–water partition coefficient (Wildman–Crippen LogP) is 2.20. The fraction of sp³-hybridized carbons (Fsp3) is 0.0455. The molecule has 0 fully saturated rings. The van der Waals surface area contributed by atoms with Crippen LogP contribution in [0.4, 0.5) is 5.69 Å². The molecule has 0 unspecified atom stereocenters. The molecule has 0 saturated heterocycles. The van der Waals surface area contributed by atoms with Crippen molar-refractivity contribution in [2.75, 3.05) is 5.32 Å². The number of aryl methyl sites for hydroxylation is 1. The molecule has 10 heteroatoms. The number of nitrogens with zero attached hydrogens (tertiary/aromatic N) is 7. The minimum Gasteiger partial charge on any atom is -0.321 e. The van der Waals surface area contributed by atoms with E-state index in [-0.39, 0.29) is 11.3 Å². The lowest BCUT2D eigenvalue weighted by molar-refractivity contribution is 0.102. The zero-order valence-corrected chi connectivity index (χ0v) is 16.9. The van der Waals surface area contributed by atoms with Crippen molar-refractivity contribution in [2.45, 2.75) is 0 Å². The number of rotatable bonds is 4. The summed E-state index contributed by atoms with van der Waals surface area (Å²) < 4.78 is 2.80. The average molecular weight is 424 g/mol. The number of hydrogen-bond acceptors (Lipinski definition) is 7. The molecule has 10 nitrogen and oxygen atoms in total. The molecule has 0 saturated carbocycles. The Morgan fingerprint density at radius 3 is 2.38 bits per heavy atom. The van der Waals surface area contributed by atoms with Gasteiger partial charge in [-0.15, -0.1) is 10.2 Å². The topological polar surface area (TPSA) is 120 Å². The van der Waals surface area contributed by atoms with Gasteiger partial charge in [-0.05, 0) is 42.5 Å². The van der Waals surface area contributed by atoms with E-state index in [2.05, 4.69) is 30.7 Å². The van der Waals surface area contributed by atoms with Crippen LogP contribution in [0.3, 0.4) is 0 Å². The first-order valence-electron chi connectivity index (χ1n) is 9.67. The zero-order chi connectivity index (χ0) is 22.1. The second-order valence-electron chi connectivity index (χ2n) is 6.96. The summed E-state index contributed by atoms with van der Waals surface area (Å²) in [7, 11) is 1.49. The van der Waals surface area contributed by atoms with Crippen molar-refractivity contribution >= 4 is 17.2 Å². The Hall–Kier alpha value is -4.73. The molecule has 5 aromatic rings. The Kier molecular flexibility index (Phi) is 4.71. The van der Waals surface area contributed by atoms with E-state index >= 15 is 0 Å². The molecule has 4 heterocycles. The summed E-state index contributed by atoms with van der Waals surface area (Å²) >= 11 is 0. The van der Waals surface area contributed by atoms with Gasteiger partial charge in [0.2, 0.25) is 0 Å². The minimum atomic E-state index is -0.403. The molecule has 0 bridgehead atoms. The van der Waals surface area contributed by atoms with Crippen molar-refractivity contribution in [1.29, 1.82) is 0 Å². The highest BCUT2D eigenvalue weighted by Crippen LogP contribution is 2.22. The van der Waals surface area contributed by atoms with Gasteiger partial charge >= 0.3 is 0 Å². The van der Waals surface area contributed by atoms with Crippen LogP contribution in [0.5, 0.6) is 0 Å². The molecular weight excluding hydrogens is 408 g/mol. The van der Waals surface area contributed by atoms with Gasteiger partial charge in [0.15, 0.2) is 11.5 Å². The van der Waals surface area contributed by atoms with Crippen molar-refractivity contribution in [3.8, 4) is 22.6 Å².